The molecule has 0 unspecified atom stereocenters. The van der Waals surface area contributed by atoms with Crippen molar-refractivity contribution in [1.82, 2.24) is 29.7 Å². The lowest BCUT2D eigenvalue weighted by Crippen LogP contribution is -2.61. The Morgan fingerprint density at radius 1 is 1.06 bits per heavy atom. The molecule has 15 nitrogen and oxygen atoms in total. The average Bonchev–Trinajstić information content (AvgIpc) is 4.09. The van der Waals surface area contributed by atoms with Crippen LogP contribution in [0.1, 0.15) is 103 Å². The summed E-state index contributed by atoms with van der Waals surface area (Å²) in [6, 6.07) is 1.50. The fourth-order valence-corrected chi connectivity index (χ4v) is 11.1. The molecule has 4 amide bonds. The van der Waals surface area contributed by atoms with E-state index in [0.29, 0.717) is 38.5 Å². The maximum atomic E-state index is 15.1. The van der Waals surface area contributed by atoms with Crippen LogP contribution in [0.4, 0.5) is 26.7 Å². The van der Waals surface area contributed by atoms with Gasteiger partial charge in [0.15, 0.2) is 11.4 Å². The van der Waals surface area contributed by atoms with Gasteiger partial charge in [-0.3, -0.25) is 28.9 Å². The van der Waals surface area contributed by atoms with E-state index in [9.17, 15) is 49.9 Å². The molecule has 1 aromatic heterocycles. The van der Waals surface area contributed by atoms with Crippen molar-refractivity contribution in [2.45, 2.75) is 144 Å². The highest BCUT2D eigenvalue weighted by molar-refractivity contribution is 7.91. The Hall–Kier alpha value is -4.79. The minimum absolute atomic E-state index is 0.00136. The second kappa shape index (κ2) is 16.2. The van der Waals surface area contributed by atoms with Crippen LogP contribution in [0.15, 0.2) is 30.4 Å². The summed E-state index contributed by atoms with van der Waals surface area (Å²) in [5.41, 5.74) is -5.67. The van der Waals surface area contributed by atoms with Crippen molar-refractivity contribution in [1.29, 1.82) is 0 Å². The Morgan fingerprint density at radius 2 is 1.78 bits per heavy atom. The molecule has 1 spiro atoms. The fraction of sp³-hybridized carbons (Fsp3) is 0.659. The lowest BCUT2D eigenvalue weighted by atomic mass is 9.87. The Balaban J connectivity index is 1.15. The molecule has 2 aliphatic carbocycles. The summed E-state index contributed by atoms with van der Waals surface area (Å²) in [5, 5.41) is 13.6. The van der Waals surface area contributed by atoms with Gasteiger partial charge in [0, 0.05) is 35.4 Å². The lowest BCUT2D eigenvalue weighted by molar-refractivity contribution is -0.145. The quantitative estimate of drug-likeness (QED) is 0.215. The first kappa shape index (κ1) is 46.7. The van der Waals surface area contributed by atoms with Crippen molar-refractivity contribution in [3.63, 3.8) is 0 Å². The van der Waals surface area contributed by atoms with Crippen LogP contribution in [-0.4, -0.2) is 129 Å². The SMILES string of the molecule is CC(C)(C)N(C(=O)O)[C@H]1CCCCC/C=C\[C@@H]2C[C@@]2(C(=O)NS(=O)(=O)C2(C)CC2)NC(=O)[C@@H]2C[C@]3(CCc4c(c(C(F)(F)F)nc5ccc(OCCN6CC(F)(F)C6)cc45)O3)CN2C1=O. The molecule has 4 aliphatic heterocycles. The minimum atomic E-state index is -5.02. The molecular weight excluding hydrogens is 884 g/mol. The number of aryl methyl sites for hydroxylation is 1. The predicted octanol–water partition coefficient (Wildman–Crippen LogP) is 5.79. The van der Waals surface area contributed by atoms with E-state index in [2.05, 4.69) is 15.0 Å². The number of fused-ring (bicyclic) bond motifs is 5. The molecule has 2 aromatic rings. The number of allylic oxidation sites excluding steroid dienone is 1. The zero-order chi connectivity index (χ0) is 47.1. The van der Waals surface area contributed by atoms with Gasteiger partial charge in [-0.2, -0.15) is 13.2 Å². The predicted molar refractivity (Wildman–Crippen MR) is 225 cm³/mol. The number of benzene rings is 1. The van der Waals surface area contributed by atoms with Crippen LogP contribution in [0.5, 0.6) is 11.5 Å². The van der Waals surface area contributed by atoms with E-state index in [-0.39, 0.29) is 67.5 Å². The molecule has 1 aromatic carbocycles. The number of nitrogens with zero attached hydrogens (tertiary/aromatic N) is 4. The number of carbonyl (C=O) groups is 4. The molecule has 356 valence electrons. The number of carbonyl (C=O) groups excluding carboxylic acids is 3. The number of sulfonamides is 1. The molecule has 4 fully saturated rings. The molecule has 0 radical (unpaired) electrons. The highest BCUT2D eigenvalue weighted by atomic mass is 32.2. The number of amides is 4. The second-order valence-corrected chi connectivity index (χ2v) is 22.1. The number of rotatable bonds is 8. The van der Waals surface area contributed by atoms with E-state index in [0.717, 1.165) is 9.80 Å². The molecule has 0 bridgehead atoms. The number of hydrogen-bond acceptors (Lipinski definition) is 10. The summed E-state index contributed by atoms with van der Waals surface area (Å²) in [4.78, 5) is 64.5. The highest BCUT2D eigenvalue weighted by Crippen LogP contribution is 2.51. The molecule has 6 aliphatic rings. The maximum absolute atomic E-state index is 15.1. The maximum Gasteiger partial charge on any atom is 0.437 e. The minimum Gasteiger partial charge on any atom is -0.492 e. The van der Waals surface area contributed by atoms with E-state index in [1.54, 1.807) is 26.8 Å². The van der Waals surface area contributed by atoms with Crippen molar-refractivity contribution in [2.24, 2.45) is 5.92 Å². The van der Waals surface area contributed by atoms with E-state index >= 15 is 4.79 Å². The number of nitrogens with one attached hydrogen (secondary N) is 2. The van der Waals surface area contributed by atoms with Gasteiger partial charge in [0.05, 0.1) is 29.9 Å². The third-order valence-electron chi connectivity index (χ3n) is 13.8. The van der Waals surface area contributed by atoms with Crippen LogP contribution in [-0.2, 0) is 37.0 Å². The zero-order valence-electron chi connectivity index (χ0n) is 36.7. The van der Waals surface area contributed by atoms with Gasteiger partial charge in [-0.15, -0.1) is 0 Å². The standard InChI is InChI=1S/C44H55F5N6O9S/c1-39(2,3)55(38(59)60)31-11-9-7-5-6-8-10-26-21-43(26,37(58)52-65(61,62)40(4)16-17-40)51-35(56)32-22-41(23-54(32)36(31)57)15-14-28-29-20-27(63-19-18-53-24-42(45,46)25-53)12-13-30(29)50-34(33(28)64-41)44(47,48)49/h8,10,12-13,20,26,31-32H,5-7,9,11,14-19,21-25H2,1-4H3,(H,51,56)(H,52,58)(H,59,60)/b10-8-/t26-,31+,32+,41-,43-/m1/s1. The summed E-state index contributed by atoms with van der Waals surface area (Å²) < 4.78 is 111. The molecule has 5 atom stereocenters. The summed E-state index contributed by atoms with van der Waals surface area (Å²) in [7, 11) is -4.14. The second-order valence-electron chi connectivity index (χ2n) is 19.9. The van der Waals surface area contributed by atoms with Gasteiger partial charge < -0.3 is 24.8 Å². The van der Waals surface area contributed by atoms with E-state index in [1.165, 1.54) is 30.0 Å². The molecule has 5 heterocycles. The largest absolute Gasteiger partial charge is 0.492 e. The number of alkyl halides is 5. The smallest absolute Gasteiger partial charge is 0.437 e. The third kappa shape index (κ3) is 9.07. The van der Waals surface area contributed by atoms with Gasteiger partial charge in [-0.05, 0) is 97.3 Å². The van der Waals surface area contributed by atoms with Crippen LogP contribution in [0.2, 0.25) is 0 Å². The van der Waals surface area contributed by atoms with Crippen LogP contribution in [0.25, 0.3) is 10.9 Å². The molecule has 8 rings (SSSR count). The monoisotopic (exact) mass is 938 g/mol. The van der Waals surface area contributed by atoms with Gasteiger partial charge >= 0.3 is 12.3 Å². The Morgan fingerprint density at radius 3 is 2.43 bits per heavy atom. The normalized spacial score (nSPS) is 29.4. The van der Waals surface area contributed by atoms with Gasteiger partial charge in [-0.1, -0.05) is 25.0 Å². The van der Waals surface area contributed by atoms with Gasteiger partial charge in [0.2, 0.25) is 21.8 Å². The van der Waals surface area contributed by atoms with Crippen molar-refractivity contribution in [3.05, 3.63) is 41.6 Å². The lowest BCUT2D eigenvalue weighted by Gasteiger charge is -2.41. The number of pyridine rings is 1. The third-order valence-corrected chi connectivity index (χ3v) is 16.0. The summed E-state index contributed by atoms with van der Waals surface area (Å²) >= 11 is 0. The van der Waals surface area contributed by atoms with Gasteiger partial charge in [0.25, 0.3) is 11.8 Å². The Bertz CT molecular complexity index is 2420. The molecule has 2 saturated heterocycles. The first-order chi connectivity index (χ1) is 30.3. The van der Waals surface area contributed by atoms with Crippen molar-refractivity contribution in [2.75, 3.05) is 32.8 Å². The number of likely N-dealkylation sites (tertiary alicyclic amines) is 1. The number of carboxylic acid groups (broad SMARTS) is 1. The summed E-state index contributed by atoms with van der Waals surface area (Å²) in [6.45, 7) is 5.39. The van der Waals surface area contributed by atoms with Crippen molar-refractivity contribution < 1.29 is 64.1 Å². The van der Waals surface area contributed by atoms with Gasteiger partial charge in [-0.25, -0.2) is 27.0 Å². The van der Waals surface area contributed by atoms with Gasteiger partial charge in [0.1, 0.15) is 35.6 Å². The first-order valence-corrected chi connectivity index (χ1v) is 23.6. The molecule has 3 N–H and O–H groups in total. The number of aromatic nitrogens is 1. The Labute approximate surface area is 373 Å². The first-order valence-electron chi connectivity index (χ1n) is 22.1. The average molecular weight is 939 g/mol. The summed E-state index contributed by atoms with van der Waals surface area (Å²) in [6.07, 6.45) is -0.210. The van der Waals surface area contributed by atoms with Crippen LogP contribution in [0, 0.1) is 5.92 Å². The zero-order valence-corrected chi connectivity index (χ0v) is 37.5. The number of halogens is 5. The van der Waals surface area contributed by atoms with Crippen LogP contribution < -0.4 is 19.5 Å². The van der Waals surface area contributed by atoms with Crippen molar-refractivity contribution in [3.8, 4) is 11.5 Å². The summed E-state index contributed by atoms with van der Waals surface area (Å²) in [5.74, 6) is -6.32. The van der Waals surface area contributed by atoms with Crippen LogP contribution in [0.3, 0.4) is 0 Å². The molecular formula is C44H55F5N6O9S. The fourth-order valence-electron chi connectivity index (χ4n) is 9.82. The number of ether oxygens (including phenoxy) is 2. The van der Waals surface area contributed by atoms with E-state index in [4.69, 9.17) is 9.47 Å². The topological polar surface area (TPSA) is 188 Å². The molecule has 2 saturated carbocycles. The Kier molecular flexibility index (Phi) is 11.7. The van der Waals surface area contributed by atoms with E-state index in [1.807, 2.05) is 6.08 Å². The van der Waals surface area contributed by atoms with Crippen LogP contribution >= 0.6 is 0 Å². The van der Waals surface area contributed by atoms with Crippen molar-refractivity contribution >= 4 is 44.7 Å². The molecule has 21 heteroatoms. The highest BCUT2D eigenvalue weighted by Gasteiger charge is 2.64. The number of hydrogen-bond donors (Lipinski definition) is 3. The molecule has 65 heavy (non-hydrogen) atoms. The van der Waals surface area contributed by atoms with E-state index < -0.39 is 116 Å².